The maximum Gasteiger partial charge on any atom is 0.413 e. The highest BCUT2D eigenvalue weighted by Gasteiger charge is 2.10. The normalized spacial score (nSPS) is 10.5. The van der Waals surface area contributed by atoms with Crippen LogP contribution in [0.15, 0.2) is 42.6 Å². The Morgan fingerprint density at radius 1 is 1.17 bits per heavy atom. The summed E-state index contributed by atoms with van der Waals surface area (Å²) < 4.78 is 9.28. The van der Waals surface area contributed by atoms with E-state index in [0.29, 0.717) is 0 Å². The molecule has 1 aromatic carbocycles. The number of hydrogen-bond donors (Lipinski definition) is 1. The number of amides is 2. The number of rotatable bonds is 5. The highest BCUT2D eigenvalue weighted by atomic mass is 16.6. The molecule has 24 heavy (non-hydrogen) atoms. The van der Waals surface area contributed by atoms with Crippen molar-refractivity contribution in [3.8, 4) is 0 Å². The Bertz CT molecular complexity index is 780. The zero-order valence-electron chi connectivity index (χ0n) is 13.0. The monoisotopic (exact) mass is 328 g/mol. The van der Waals surface area contributed by atoms with E-state index < -0.39 is 24.6 Å². The van der Waals surface area contributed by atoms with Crippen LogP contribution in [-0.2, 0) is 19.1 Å². The highest BCUT2D eigenvalue weighted by molar-refractivity contribution is 5.96. The Hall–Kier alpha value is -3.22. The van der Waals surface area contributed by atoms with Crippen molar-refractivity contribution in [1.82, 2.24) is 10.3 Å². The zero-order chi connectivity index (χ0) is 17.4. The number of fused-ring (bicyclic) bond motifs is 1. The Kier molecular flexibility index (Phi) is 6.01. The second kappa shape index (κ2) is 8.42. The number of benzene rings is 1. The summed E-state index contributed by atoms with van der Waals surface area (Å²) in [6, 6.07) is 9.32. The van der Waals surface area contributed by atoms with Crippen molar-refractivity contribution in [2.45, 2.75) is 6.92 Å². The first kappa shape index (κ1) is 17.1. The molecule has 1 N–H and O–H groups in total. The van der Waals surface area contributed by atoms with E-state index in [9.17, 15) is 14.4 Å². The standard InChI is InChI=1S/C17H16N2O5/c1-2-23-17(22)19-14(20)11-24-15(21)9-8-13-6-3-5-12-7-4-10-18-16(12)13/h3-10H,2,11H2,1H3,(H,19,20,22)/b9-8+. The van der Waals surface area contributed by atoms with E-state index in [1.54, 1.807) is 19.2 Å². The first-order chi connectivity index (χ1) is 11.6. The van der Waals surface area contributed by atoms with E-state index in [0.717, 1.165) is 16.5 Å². The summed E-state index contributed by atoms with van der Waals surface area (Å²) in [5, 5.41) is 2.87. The van der Waals surface area contributed by atoms with E-state index in [-0.39, 0.29) is 6.61 Å². The topological polar surface area (TPSA) is 94.6 Å². The van der Waals surface area contributed by atoms with E-state index in [1.807, 2.05) is 35.6 Å². The molecule has 0 aliphatic carbocycles. The molecule has 0 radical (unpaired) electrons. The number of carbonyl (C=O) groups is 3. The molecule has 0 bridgehead atoms. The average molecular weight is 328 g/mol. The molecular formula is C17H16N2O5. The van der Waals surface area contributed by atoms with Crippen LogP contribution in [0.1, 0.15) is 12.5 Å². The molecule has 0 saturated carbocycles. The van der Waals surface area contributed by atoms with Gasteiger partial charge in [-0.05, 0) is 19.1 Å². The number of alkyl carbamates (subject to hydrolysis) is 1. The SMILES string of the molecule is CCOC(=O)NC(=O)COC(=O)/C=C/c1cccc2cccnc12. The molecule has 7 heteroatoms. The van der Waals surface area contributed by atoms with E-state index in [1.165, 1.54) is 6.08 Å². The van der Waals surface area contributed by atoms with E-state index in [4.69, 9.17) is 4.74 Å². The van der Waals surface area contributed by atoms with Crippen molar-refractivity contribution in [3.05, 3.63) is 48.2 Å². The quantitative estimate of drug-likeness (QED) is 0.667. The number of esters is 1. The molecular weight excluding hydrogens is 312 g/mol. The number of nitrogens with zero attached hydrogens (tertiary/aromatic N) is 1. The fourth-order valence-corrected chi connectivity index (χ4v) is 1.92. The minimum absolute atomic E-state index is 0.140. The maximum absolute atomic E-state index is 11.6. The van der Waals surface area contributed by atoms with Crippen LogP contribution < -0.4 is 5.32 Å². The Labute approximate surface area is 138 Å². The molecule has 1 aromatic heterocycles. The third-order valence-electron chi connectivity index (χ3n) is 2.93. The van der Waals surface area contributed by atoms with Crippen LogP contribution in [0.3, 0.4) is 0 Å². The predicted octanol–water partition coefficient (Wildman–Crippen LogP) is 2.06. The molecule has 0 spiro atoms. The average Bonchev–Trinajstić information content (AvgIpc) is 2.58. The largest absolute Gasteiger partial charge is 0.452 e. The van der Waals surface area contributed by atoms with Crippen LogP contribution in [0.5, 0.6) is 0 Å². The lowest BCUT2D eigenvalue weighted by Crippen LogP contribution is -2.34. The van der Waals surface area contributed by atoms with Crippen molar-refractivity contribution in [2.24, 2.45) is 0 Å². The minimum atomic E-state index is -0.879. The van der Waals surface area contributed by atoms with Crippen molar-refractivity contribution < 1.29 is 23.9 Å². The summed E-state index contributed by atoms with van der Waals surface area (Å²) in [5.74, 6) is -1.47. The van der Waals surface area contributed by atoms with Gasteiger partial charge in [0.05, 0.1) is 12.1 Å². The van der Waals surface area contributed by atoms with Crippen molar-refractivity contribution in [3.63, 3.8) is 0 Å². The molecule has 7 nitrogen and oxygen atoms in total. The van der Waals surface area contributed by atoms with Gasteiger partial charge in [-0.2, -0.15) is 0 Å². The molecule has 0 fully saturated rings. The smallest absolute Gasteiger partial charge is 0.413 e. The molecule has 124 valence electrons. The summed E-state index contributed by atoms with van der Waals surface area (Å²) in [6.07, 6.45) is 3.54. The maximum atomic E-state index is 11.6. The zero-order valence-corrected chi connectivity index (χ0v) is 13.0. The van der Waals surface area contributed by atoms with Gasteiger partial charge < -0.3 is 9.47 Å². The number of para-hydroxylation sites is 1. The number of pyridine rings is 1. The van der Waals surface area contributed by atoms with E-state index in [2.05, 4.69) is 9.72 Å². The number of ether oxygens (including phenoxy) is 2. The van der Waals surface area contributed by atoms with Crippen LogP contribution in [0.25, 0.3) is 17.0 Å². The summed E-state index contributed by atoms with van der Waals surface area (Å²) in [6.45, 7) is 1.17. The number of hydrogen-bond acceptors (Lipinski definition) is 6. The Morgan fingerprint density at radius 2 is 1.96 bits per heavy atom. The van der Waals surface area contributed by atoms with Crippen LogP contribution in [-0.4, -0.2) is 36.2 Å². The second-order valence-corrected chi connectivity index (χ2v) is 4.63. The number of carbonyl (C=O) groups excluding carboxylic acids is 3. The lowest BCUT2D eigenvalue weighted by molar-refractivity contribution is -0.143. The number of nitrogens with one attached hydrogen (secondary N) is 1. The molecule has 0 saturated heterocycles. The molecule has 0 aliphatic heterocycles. The fourth-order valence-electron chi connectivity index (χ4n) is 1.92. The number of aromatic nitrogens is 1. The summed E-state index contributed by atoms with van der Waals surface area (Å²) >= 11 is 0. The molecule has 2 rings (SSSR count). The molecule has 0 aliphatic rings. The second-order valence-electron chi connectivity index (χ2n) is 4.63. The minimum Gasteiger partial charge on any atom is -0.452 e. The number of imide groups is 1. The van der Waals surface area contributed by atoms with Gasteiger partial charge >= 0.3 is 12.1 Å². The molecule has 2 aromatic rings. The molecule has 0 atom stereocenters. The van der Waals surface area contributed by atoms with Gasteiger partial charge in [-0.3, -0.25) is 15.1 Å². The van der Waals surface area contributed by atoms with Gasteiger partial charge in [0.15, 0.2) is 6.61 Å². The Morgan fingerprint density at radius 3 is 2.75 bits per heavy atom. The molecule has 2 amide bonds. The van der Waals surface area contributed by atoms with Crippen molar-refractivity contribution >= 4 is 34.9 Å². The van der Waals surface area contributed by atoms with Crippen LogP contribution in [0, 0.1) is 0 Å². The van der Waals surface area contributed by atoms with Gasteiger partial charge in [0.25, 0.3) is 5.91 Å². The first-order valence-corrected chi connectivity index (χ1v) is 7.25. The van der Waals surface area contributed by atoms with Gasteiger partial charge in [0.2, 0.25) is 0 Å². The van der Waals surface area contributed by atoms with Gasteiger partial charge in [0, 0.05) is 23.2 Å². The van der Waals surface area contributed by atoms with Gasteiger partial charge in [0.1, 0.15) is 0 Å². The first-order valence-electron chi connectivity index (χ1n) is 7.25. The van der Waals surface area contributed by atoms with Crippen LogP contribution >= 0.6 is 0 Å². The summed E-state index contributed by atoms with van der Waals surface area (Å²) in [5.41, 5.74) is 1.50. The summed E-state index contributed by atoms with van der Waals surface area (Å²) in [7, 11) is 0. The van der Waals surface area contributed by atoms with Crippen LogP contribution in [0.4, 0.5) is 4.79 Å². The lowest BCUT2D eigenvalue weighted by atomic mass is 10.1. The Balaban J connectivity index is 1.91. The van der Waals surface area contributed by atoms with Crippen molar-refractivity contribution in [2.75, 3.05) is 13.2 Å². The lowest BCUT2D eigenvalue weighted by Gasteiger charge is -2.04. The fraction of sp³-hybridized carbons (Fsp3) is 0.176. The predicted molar refractivity (Wildman–Crippen MR) is 86.9 cm³/mol. The third-order valence-corrected chi connectivity index (χ3v) is 2.93. The molecule has 1 heterocycles. The van der Waals surface area contributed by atoms with Gasteiger partial charge in [-0.25, -0.2) is 9.59 Å². The molecule has 0 unspecified atom stereocenters. The van der Waals surface area contributed by atoms with E-state index >= 15 is 0 Å². The van der Waals surface area contributed by atoms with Gasteiger partial charge in [-0.15, -0.1) is 0 Å². The van der Waals surface area contributed by atoms with Gasteiger partial charge in [-0.1, -0.05) is 24.3 Å². The third kappa shape index (κ3) is 4.91. The van der Waals surface area contributed by atoms with Crippen molar-refractivity contribution in [1.29, 1.82) is 0 Å². The highest BCUT2D eigenvalue weighted by Crippen LogP contribution is 2.17. The summed E-state index contributed by atoms with van der Waals surface area (Å²) in [4.78, 5) is 38.3. The van der Waals surface area contributed by atoms with Crippen LogP contribution in [0.2, 0.25) is 0 Å².